The molecule has 1 aliphatic rings. The number of unbranched alkanes of at least 4 members (excludes halogenated alkanes) is 1. The SMILES string of the molecule is CCCCC(OC1CCCCO1)C(OC)OC. The van der Waals surface area contributed by atoms with Crippen LogP contribution in [0.25, 0.3) is 0 Å². The lowest BCUT2D eigenvalue weighted by Gasteiger charge is -2.31. The standard InChI is InChI=1S/C13H26O4/c1-4-5-8-11(13(14-2)15-3)17-12-9-6-7-10-16-12/h11-13H,4-10H2,1-3H3. The van der Waals surface area contributed by atoms with Gasteiger partial charge >= 0.3 is 0 Å². The summed E-state index contributed by atoms with van der Waals surface area (Å²) in [4.78, 5) is 0. The van der Waals surface area contributed by atoms with Crippen molar-refractivity contribution in [3.05, 3.63) is 0 Å². The van der Waals surface area contributed by atoms with Gasteiger partial charge in [-0.2, -0.15) is 0 Å². The molecule has 4 heteroatoms. The van der Waals surface area contributed by atoms with Crippen LogP contribution in [0.1, 0.15) is 45.4 Å². The Morgan fingerprint density at radius 2 is 2.00 bits per heavy atom. The fourth-order valence-corrected chi connectivity index (χ4v) is 2.09. The van der Waals surface area contributed by atoms with Crippen molar-refractivity contribution >= 4 is 0 Å². The van der Waals surface area contributed by atoms with Gasteiger partial charge in [-0.25, -0.2) is 0 Å². The highest BCUT2D eigenvalue weighted by Crippen LogP contribution is 2.20. The van der Waals surface area contributed by atoms with E-state index >= 15 is 0 Å². The average Bonchev–Trinajstić information content (AvgIpc) is 2.38. The van der Waals surface area contributed by atoms with Crippen LogP contribution in [0, 0.1) is 0 Å². The molecule has 0 aliphatic carbocycles. The highest BCUT2D eigenvalue weighted by Gasteiger charge is 2.26. The molecule has 0 saturated carbocycles. The van der Waals surface area contributed by atoms with E-state index in [0.29, 0.717) is 0 Å². The Kier molecular flexibility index (Phi) is 7.77. The van der Waals surface area contributed by atoms with Crippen LogP contribution < -0.4 is 0 Å². The van der Waals surface area contributed by atoms with Crippen molar-refractivity contribution in [1.29, 1.82) is 0 Å². The third kappa shape index (κ3) is 5.34. The van der Waals surface area contributed by atoms with E-state index in [1.807, 2.05) is 0 Å². The van der Waals surface area contributed by atoms with Gasteiger partial charge in [0.15, 0.2) is 12.6 Å². The van der Waals surface area contributed by atoms with Gasteiger partial charge in [0.1, 0.15) is 6.10 Å². The zero-order valence-electron chi connectivity index (χ0n) is 11.3. The summed E-state index contributed by atoms with van der Waals surface area (Å²) in [5, 5.41) is 0. The molecular weight excluding hydrogens is 220 g/mol. The molecule has 0 aromatic rings. The van der Waals surface area contributed by atoms with E-state index in [4.69, 9.17) is 18.9 Å². The second-order valence-corrected chi connectivity index (χ2v) is 4.45. The lowest BCUT2D eigenvalue weighted by Crippen LogP contribution is -2.37. The Bertz CT molecular complexity index is 176. The van der Waals surface area contributed by atoms with Crippen LogP contribution in [0.2, 0.25) is 0 Å². The Hall–Kier alpha value is -0.160. The first-order valence-corrected chi connectivity index (χ1v) is 6.64. The second-order valence-electron chi connectivity index (χ2n) is 4.45. The third-order valence-electron chi connectivity index (χ3n) is 3.07. The van der Waals surface area contributed by atoms with Crippen molar-refractivity contribution in [2.45, 2.75) is 64.1 Å². The number of hydrogen-bond donors (Lipinski definition) is 0. The smallest absolute Gasteiger partial charge is 0.183 e. The Morgan fingerprint density at radius 1 is 1.24 bits per heavy atom. The summed E-state index contributed by atoms with van der Waals surface area (Å²) in [5.74, 6) is 0. The molecule has 4 nitrogen and oxygen atoms in total. The van der Waals surface area contributed by atoms with Crippen molar-refractivity contribution in [2.75, 3.05) is 20.8 Å². The Morgan fingerprint density at radius 3 is 2.53 bits per heavy atom. The molecule has 17 heavy (non-hydrogen) atoms. The molecule has 102 valence electrons. The van der Waals surface area contributed by atoms with Gasteiger partial charge in [0, 0.05) is 20.8 Å². The first-order valence-electron chi connectivity index (χ1n) is 6.64. The summed E-state index contributed by atoms with van der Waals surface area (Å²) in [6.07, 6.45) is 6.07. The molecule has 1 rings (SSSR count). The van der Waals surface area contributed by atoms with Crippen LogP contribution in [0.3, 0.4) is 0 Å². The van der Waals surface area contributed by atoms with Crippen molar-refractivity contribution in [1.82, 2.24) is 0 Å². The fourth-order valence-electron chi connectivity index (χ4n) is 2.09. The largest absolute Gasteiger partial charge is 0.353 e. The maximum atomic E-state index is 5.97. The fraction of sp³-hybridized carbons (Fsp3) is 1.00. The molecule has 2 atom stereocenters. The lowest BCUT2D eigenvalue weighted by molar-refractivity contribution is -0.251. The summed E-state index contributed by atoms with van der Waals surface area (Å²) < 4.78 is 22.2. The van der Waals surface area contributed by atoms with Crippen molar-refractivity contribution in [3.63, 3.8) is 0 Å². The van der Waals surface area contributed by atoms with Gasteiger partial charge in [-0.05, 0) is 25.7 Å². The van der Waals surface area contributed by atoms with Gasteiger partial charge in [0.25, 0.3) is 0 Å². The number of methoxy groups -OCH3 is 2. The molecule has 1 fully saturated rings. The summed E-state index contributed by atoms with van der Waals surface area (Å²) in [6.45, 7) is 2.97. The van der Waals surface area contributed by atoms with Crippen LogP contribution >= 0.6 is 0 Å². The highest BCUT2D eigenvalue weighted by atomic mass is 16.7. The van der Waals surface area contributed by atoms with Gasteiger partial charge < -0.3 is 18.9 Å². The number of ether oxygens (including phenoxy) is 4. The van der Waals surface area contributed by atoms with Crippen molar-refractivity contribution in [2.24, 2.45) is 0 Å². The quantitative estimate of drug-likeness (QED) is 0.617. The van der Waals surface area contributed by atoms with E-state index in [9.17, 15) is 0 Å². The Balaban J connectivity index is 2.42. The van der Waals surface area contributed by atoms with E-state index in [0.717, 1.165) is 38.7 Å². The molecule has 0 spiro atoms. The van der Waals surface area contributed by atoms with Gasteiger partial charge in [0.2, 0.25) is 0 Å². The molecule has 0 aromatic carbocycles. The molecule has 0 N–H and O–H groups in total. The van der Waals surface area contributed by atoms with Crippen molar-refractivity contribution in [3.8, 4) is 0 Å². The van der Waals surface area contributed by atoms with E-state index in [2.05, 4.69) is 6.92 Å². The van der Waals surface area contributed by atoms with E-state index in [1.165, 1.54) is 6.42 Å². The molecule has 1 heterocycles. The second kappa shape index (κ2) is 8.86. The highest BCUT2D eigenvalue weighted by molar-refractivity contribution is 4.65. The predicted molar refractivity (Wildman–Crippen MR) is 65.8 cm³/mol. The zero-order chi connectivity index (χ0) is 12.5. The molecule has 1 saturated heterocycles. The molecule has 0 amide bonds. The first kappa shape index (κ1) is 14.9. The zero-order valence-corrected chi connectivity index (χ0v) is 11.3. The van der Waals surface area contributed by atoms with E-state index in [-0.39, 0.29) is 18.7 Å². The van der Waals surface area contributed by atoms with Gasteiger partial charge in [-0.1, -0.05) is 19.8 Å². The monoisotopic (exact) mass is 246 g/mol. The van der Waals surface area contributed by atoms with Crippen molar-refractivity contribution < 1.29 is 18.9 Å². The van der Waals surface area contributed by atoms with Crippen LogP contribution in [-0.2, 0) is 18.9 Å². The van der Waals surface area contributed by atoms with Crippen LogP contribution in [0.5, 0.6) is 0 Å². The average molecular weight is 246 g/mol. The minimum absolute atomic E-state index is 0.0342. The maximum Gasteiger partial charge on any atom is 0.183 e. The number of hydrogen-bond acceptors (Lipinski definition) is 4. The summed E-state index contributed by atoms with van der Waals surface area (Å²) in [6, 6.07) is 0. The van der Waals surface area contributed by atoms with Crippen LogP contribution in [-0.4, -0.2) is 39.5 Å². The minimum atomic E-state index is -0.299. The predicted octanol–water partition coefficient (Wildman–Crippen LogP) is 2.71. The van der Waals surface area contributed by atoms with E-state index < -0.39 is 0 Å². The van der Waals surface area contributed by atoms with Gasteiger partial charge in [-0.15, -0.1) is 0 Å². The molecule has 0 bridgehead atoms. The first-order chi connectivity index (χ1) is 8.31. The van der Waals surface area contributed by atoms with Crippen LogP contribution in [0.15, 0.2) is 0 Å². The van der Waals surface area contributed by atoms with Crippen LogP contribution in [0.4, 0.5) is 0 Å². The van der Waals surface area contributed by atoms with Gasteiger partial charge in [0.05, 0.1) is 0 Å². The normalized spacial score (nSPS) is 22.9. The maximum absolute atomic E-state index is 5.97. The minimum Gasteiger partial charge on any atom is -0.353 e. The molecule has 0 radical (unpaired) electrons. The summed E-state index contributed by atoms with van der Waals surface area (Å²) in [7, 11) is 3.30. The number of rotatable bonds is 8. The molecule has 1 aliphatic heterocycles. The summed E-state index contributed by atoms with van der Waals surface area (Å²) in [5.41, 5.74) is 0. The molecular formula is C13H26O4. The molecule has 2 unspecified atom stereocenters. The third-order valence-corrected chi connectivity index (χ3v) is 3.07. The van der Waals surface area contributed by atoms with E-state index in [1.54, 1.807) is 14.2 Å². The molecule has 0 aromatic heterocycles. The summed E-state index contributed by atoms with van der Waals surface area (Å²) >= 11 is 0. The lowest BCUT2D eigenvalue weighted by atomic mass is 10.1. The Labute approximate surface area is 105 Å². The van der Waals surface area contributed by atoms with Gasteiger partial charge in [-0.3, -0.25) is 0 Å². The topological polar surface area (TPSA) is 36.9 Å².